The van der Waals surface area contributed by atoms with Gasteiger partial charge in [0.15, 0.2) is 0 Å². The van der Waals surface area contributed by atoms with Crippen molar-refractivity contribution in [3.8, 4) is 5.75 Å². The topological polar surface area (TPSA) is 122 Å². The summed E-state index contributed by atoms with van der Waals surface area (Å²) in [7, 11) is 0. The van der Waals surface area contributed by atoms with E-state index in [9.17, 15) is 23.9 Å². The van der Waals surface area contributed by atoms with Crippen molar-refractivity contribution in [1.29, 1.82) is 0 Å². The number of hydrogen-bond acceptors (Lipinski definition) is 5. The third-order valence-electron chi connectivity index (χ3n) is 5.04. The van der Waals surface area contributed by atoms with Gasteiger partial charge < -0.3 is 15.5 Å². The third kappa shape index (κ3) is 4.87. The molecule has 8 nitrogen and oxygen atoms in total. The molecule has 0 atom stereocenters. The number of phenols is 1. The summed E-state index contributed by atoms with van der Waals surface area (Å²) in [6.45, 7) is 0.140. The minimum atomic E-state index is -1.05. The molecule has 4 rings (SSSR count). The number of anilines is 1. The van der Waals surface area contributed by atoms with E-state index in [0.29, 0.717) is 11.1 Å². The van der Waals surface area contributed by atoms with Gasteiger partial charge in [-0.3, -0.25) is 14.2 Å². The maximum atomic E-state index is 14.5. The standard InChI is InChI=1S/C24H18FN3O5/c25-19-11-20-18(10-21(19)27-22(30)9-14-3-7-17(29)8-4-14)23(31)28(13-26-20)12-15-1-5-16(6-2-15)24(32)33/h1-8,10-11,13,29H,9,12H2,(H,27,30)(H,32,33). The SMILES string of the molecule is O=C(Cc1ccc(O)cc1)Nc1cc2c(=O)n(Cc3ccc(C(=O)O)cc3)cnc2cc1F. The molecule has 4 aromatic rings. The van der Waals surface area contributed by atoms with Crippen LogP contribution in [0.15, 0.2) is 71.8 Å². The molecule has 0 spiro atoms. The monoisotopic (exact) mass is 447 g/mol. The first-order valence-corrected chi connectivity index (χ1v) is 9.89. The van der Waals surface area contributed by atoms with Crippen LogP contribution in [0.1, 0.15) is 21.5 Å². The average Bonchev–Trinajstić information content (AvgIpc) is 2.79. The van der Waals surface area contributed by atoms with E-state index in [0.717, 1.165) is 6.07 Å². The normalized spacial score (nSPS) is 10.8. The van der Waals surface area contributed by atoms with E-state index < -0.39 is 23.3 Å². The van der Waals surface area contributed by atoms with Gasteiger partial charge in [0.2, 0.25) is 5.91 Å². The van der Waals surface area contributed by atoms with Gasteiger partial charge in [-0.1, -0.05) is 24.3 Å². The second-order valence-electron chi connectivity index (χ2n) is 7.42. The highest BCUT2D eigenvalue weighted by Gasteiger charge is 2.13. The summed E-state index contributed by atoms with van der Waals surface area (Å²) >= 11 is 0. The molecule has 3 N–H and O–H groups in total. The molecule has 0 unspecified atom stereocenters. The zero-order valence-electron chi connectivity index (χ0n) is 17.2. The molecule has 0 bridgehead atoms. The quantitative estimate of drug-likeness (QED) is 0.417. The van der Waals surface area contributed by atoms with Gasteiger partial charge >= 0.3 is 5.97 Å². The van der Waals surface area contributed by atoms with Crippen LogP contribution in [-0.4, -0.2) is 31.6 Å². The number of aromatic nitrogens is 2. The average molecular weight is 447 g/mol. The number of aromatic carboxylic acids is 1. The molecule has 0 aliphatic rings. The summed E-state index contributed by atoms with van der Waals surface area (Å²) < 4.78 is 15.8. The first-order valence-electron chi connectivity index (χ1n) is 9.89. The highest BCUT2D eigenvalue weighted by molar-refractivity contribution is 5.94. The second-order valence-corrected chi connectivity index (χ2v) is 7.42. The molecule has 33 heavy (non-hydrogen) atoms. The van der Waals surface area contributed by atoms with Crippen LogP contribution in [0.2, 0.25) is 0 Å². The minimum Gasteiger partial charge on any atom is -0.508 e. The molecule has 0 radical (unpaired) electrons. The summed E-state index contributed by atoms with van der Waals surface area (Å²) in [6, 6.07) is 14.5. The van der Waals surface area contributed by atoms with Gasteiger partial charge in [-0.25, -0.2) is 14.2 Å². The minimum absolute atomic E-state index is 0.0403. The zero-order chi connectivity index (χ0) is 23.5. The third-order valence-corrected chi connectivity index (χ3v) is 5.04. The van der Waals surface area contributed by atoms with Crippen molar-refractivity contribution >= 4 is 28.5 Å². The fourth-order valence-corrected chi connectivity index (χ4v) is 3.33. The van der Waals surface area contributed by atoms with E-state index in [1.165, 1.54) is 41.2 Å². The molecule has 1 aromatic heterocycles. The Hall–Kier alpha value is -4.53. The van der Waals surface area contributed by atoms with Crippen LogP contribution in [0.5, 0.6) is 5.75 Å². The number of aromatic hydroxyl groups is 1. The first-order chi connectivity index (χ1) is 15.8. The molecule has 0 fully saturated rings. The van der Waals surface area contributed by atoms with Crippen molar-refractivity contribution in [2.24, 2.45) is 0 Å². The van der Waals surface area contributed by atoms with Crippen LogP contribution in [0.25, 0.3) is 10.9 Å². The Bertz CT molecular complexity index is 1410. The zero-order valence-corrected chi connectivity index (χ0v) is 17.2. The lowest BCUT2D eigenvalue weighted by Gasteiger charge is -2.10. The van der Waals surface area contributed by atoms with Gasteiger partial charge in [-0.15, -0.1) is 0 Å². The van der Waals surface area contributed by atoms with Crippen molar-refractivity contribution in [1.82, 2.24) is 9.55 Å². The fourth-order valence-electron chi connectivity index (χ4n) is 3.33. The number of carbonyl (C=O) groups is 2. The van der Waals surface area contributed by atoms with Crippen LogP contribution in [0.4, 0.5) is 10.1 Å². The Morgan fingerprint density at radius 3 is 2.33 bits per heavy atom. The van der Waals surface area contributed by atoms with E-state index in [1.807, 2.05) is 0 Å². The number of carboxylic acid groups (broad SMARTS) is 1. The van der Waals surface area contributed by atoms with Gasteiger partial charge in [0.25, 0.3) is 5.56 Å². The Labute approximate surface area is 186 Å². The lowest BCUT2D eigenvalue weighted by atomic mass is 10.1. The van der Waals surface area contributed by atoms with Gasteiger partial charge in [-0.05, 0) is 41.5 Å². The van der Waals surface area contributed by atoms with E-state index in [-0.39, 0.29) is 40.9 Å². The fraction of sp³-hybridized carbons (Fsp3) is 0.0833. The predicted molar refractivity (Wildman–Crippen MR) is 119 cm³/mol. The molecule has 0 aliphatic carbocycles. The van der Waals surface area contributed by atoms with Crippen LogP contribution < -0.4 is 10.9 Å². The van der Waals surface area contributed by atoms with Gasteiger partial charge in [0, 0.05) is 6.07 Å². The smallest absolute Gasteiger partial charge is 0.335 e. The number of amides is 1. The van der Waals surface area contributed by atoms with Crippen molar-refractivity contribution in [2.45, 2.75) is 13.0 Å². The number of nitrogens with zero attached hydrogens (tertiary/aromatic N) is 2. The molecule has 0 aliphatic heterocycles. The number of fused-ring (bicyclic) bond motifs is 1. The summed E-state index contributed by atoms with van der Waals surface area (Å²) in [5.74, 6) is -2.19. The van der Waals surface area contributed by atoms with Crippen molar-refractivity contribution in [3.63, 3.8) is 0 Å². The van der Waals surface area contributed by atoms with E-state index >= 15 is 0 Å². The Morgan fingerprint density at radius 2 is 1.67 bits per heavy atom. The molecule has 0 saturated carbocycles. The maximum Gasteiger partial charge on any atom is 0.335 e. The van der Waals surface area contributed by atoms with Crippen molar-refractivity contribution in [3.05, 3.63) is 99.9 Å². The number of halogens is 1. The number of carbonyl (C=O) groups excluding carboxylic acids is 1. The Balaban J connectivity index is 1.58. The highest BCUT2D eigenvalue weighted by Crippen LogP contribution is 2.20. The Kier molecular flexibility index (Phi) is 5.86. The Morgan fingerprint density at radius 1 is 1.00 bits per heavy atom. The number of rotatable bonds is 6. The largest absolute Gasteiger partial charge is 0.508 e. The number of hydrogen-bond donors (Lipinski definition) is 3. The summed E-state index contributed by atoms with van der Waals surface area (Å²) in [5.41, 5.74) is 1.01. The van der Waals surface area contributed by atoms with Crippen molar-refractivity contribution in [2.75, 3.05) is 5.32 Å². The van der Waals surface area contributed by atoms with Crippen LogP contribution in [-0.2, 0) is 17.8 Å². The summed E-state index contributed by atoms with van der Waals surface area (Å²) in [4.78, 5) is 40.4. The molecule has 9 heteroatoms. The van der Waals surface area contributed by atoms with Gasteiger partial charge in [-0.2, -0.15) is 0 Å². The molecule has 1 heterocycles. The number of carboxylic acids is 1. The molecular formula is C24H18FN3O5. The summed E-state index contributed by atoms with van der Waals surface area (Å²) in [5, 5.41) is 20.9. The molecule has 0 saturated heterocycles. The predicted octanol–water partition coefficient (Wildman–Crippen LogP) is 3.17. The van der Waals surface area contributed by atoms with E-state index in [1.54, 1.807) is 24.3 Å². The van der Waals surface area contributed by atoms with Crippen LogP contribution >= 0.6 is 0 Å². The van der Waals surface area contributed by atoms with Crippen LogP contribution in [0.3, 0.4) is 0 Å². The number of phenolic OH excluding ortho intramolecular Hbond substituents is 1. The molecule has 1 amide bonds. The number of benzene rings is 3. The number of nitrogens with one attached hydrogen (secondary N) is 1. The van der Waals surface area contributed by atoms with Crippen molar-refractivity contribution < 1.29 is 24.2 Å². The second kappa shape index (κ2) is 8.91. The maximum absolute atomic E-state index is 14.5. The van der Waals surface area contributed by atoms with Gasteiger partial charge in [0.1, 0.15) is 11.6 Å². The van der Waals surface area contributed by atoms with Crippen LogP contribution in [0, 0.1) is 5.82 Å². The summed E-state index contributed by atoms with van der Waals surface area (Å²) in [6.07, 6.45) is 1.25. The molecule has 3 aromatic carbocycles. The lowest BCUT2D eigenvalue weighted by Crippen LogP contribution is -2.22. The van der Waals surface area contributed by atoms with E-state index in [4.69, 9.17) is 5.11 Å². The van der Waals surface area contributed by atoms with Gasteiger partial charge in [0.05, 0.1) is 41.4 Å². The molecule has 166 valence electrons. The first kappa shape index (κ1) is 21.7. The molecular weight excluding hydrogens is 429 g/mol. The lowest BCUT2D eigenvalue weighted by molar-refractivity contribution is -0.115. The highest BCUT2D eigenvalue weighted by atomic mass is 19.1. The van der Waals surface area contributed by atoms with E-state index in [2.05, 4.69) is 10.3 Å².